The van der Waals surface area contributed by atoms with E-state index in [4.69, 9.17) is 0 Å². The molecule has 17 heavy (non-hydrogen) atoms. The van der Waals surface area contributed by atoms with Crippen LogP contribution >= 0.6 is 0 Å². The largest absolute Gasteiger partial charge is 0.317 e. The van der Waals surface area contributed by atoms with Crippen LogP contribution in [0.3, 0.4) is 0 Å². The van der Waals surface area contributed by atoms with Crippen molar-refractivity contribution >= 4 is 10.8 Å². The maximum Gasteiger partial charge on any atom is 0.0346 e. The molecule has 0 aliphatic rings. The lowest BCUT2D eigenvalue weighted by Gasteiger charge is -2.14. The molecule has 2 nitrogen and oxygen atoms in total. The zero-order chi connectivity index (χ0) is 12.1. The summed E-state index contributed by atoms with van der Waals surface area (Å²) >= 11 is 0. The first kappa shape index (κ1) is 12.1. The summed E-state index contributed by atoms with van der Waals surface area (Å²) < 4.78 is 0. The second-order valence-corrected chi connectivity index (χ2v) is 4.45. The van der Waals surface area contributed by atoms with E-state index in [-0.39, 0.29) is 0 Å². The summed E-state index contributed by atoms with van der Waals surface area (Å²) in [6, 6.07) is 9.08. The fraction of sp³-hybridized carbons (Fsp3) is 0.400. The SMILES string of the molecule is CCC(CCc1cncc2ccccc12)NC. The second-order valence-electron chi connectivity index (χ2n) is 4.45. The van der Waals surface area contributed by atoms with Gasteiger partial charge < -0.3 is 5.32 Å². The lowest BCUT2D eigenvalue weighted by molar-refractivity contribution is 0.509. The fourth-order valence-electron chi connectivity index (χ4n) is 2.26. The van der Waals surface area contributed by atoms with Gasteiger partial charge in [0, 0.05) is 23.8 Å². The van der Waals surface area contributed by atoms with Gasteiger partial charge in [0.1, 0.15) is 0 Å². The topological polar surface area (TPSA) is 24.9 Å². The molecule has 0 aliphatic heterocycles. The highest BCUT2D eigenvalue weighted by molar-refractivity contribution is 5.84. The number of rotatable bonds is 5. The van der Waals surface area contributed by atoms with Gasteiger partial charge in [0.15, 0.2) is 0 Å². The molecule has 0 amide bonds. The van der Waals surface area contributed by atoms with Crippen LogP contribution in [0.1, 0.15) is 25.3 Å². The van der Waals surface area contributed by atoms with Crippen molar-refractivity contribution in [1.29, 1.82) is 0 Å². The van der Waals surface area contributed by atoms with Crippen molar-refractivity contribution in [2.24, 2.45) is 0 Å². The molecule has 1 unspecified atom stereocenters. The molecule has 90 valence electrons. The Morgan fingerprint density at radius 1 is 1.24 bits per heavy atom. The minimum absolute atomic E-state index is 0.606. The molecule has 2 aromatic rings. The summed E-state index contributed by atoms with van der Waals surface area (Å²) in [6.45, 7) is 2.22. The third-order valence-corrected chi connectivity index (χ3v) is 3.41. The molecule has 0 spiro atoms. The number of hydrogen-bond donors (Lipinski definition) is 1. The van der Waals surface area contributed by atoms with E-state index in [1.807, 2.05) is 19.4 Å². The summed E-state index contributed by atoms with van der Waals surface area (Å²) in [4.78, 5) is 4.32. The van der Waals surface area contributed by atoms with Crippen LogP contribution in [0.15, 0.2) is 36.7 Å². The van der Waals surface area contributed by atoms with Gasteiger partial charge in [-0.1, -0.05) is 31.2 Å². The number of nitrogens with zero attached hydrogens (tertiary/aromatic N) is 1. The molecule has 2 rings (SSSR count). The van der Waals surface area contributed by atoms with Crippen molar-refractivity contribution < 1.29 is 0 Å². The normalized spacial score (nSPS) is 12.8. The molecular formula is C15H20N2. The number of fused-ring (bicyclic) bond motifs is 1. The van der Waals surface area contributed by atoms with Gasteiger partial charge in [0.25, 0.3) is 0 Å². The van der Waals surface area contributed by atoms with Crippen molar-refractivity contribution in [1.82, 2.24) is 10.3 Å². The van der Waals surface area contributed by atoms with Gasteiger partial charge in [-0.05, 0) is 37.3 Å². The molecule has 0 aliphatic carbocycles. The number of benzene rings is 1. The van der Waals surface area contributed by atoms with Crippen molar-refractivity contribution in [3.05, 3.63) is 42.2 Å². The lowest BCUT2D eigenvalue weighted by Crippen LogP contribution is -2.24. The Morgan fingerprint density at radius 3 is 2.82 bits per heavy atom. The number of aromatic nitrogens is 1. The van der Waals surface area contributed by atoms with Gasteiger partial charge in [-0.25, -0.2) is 0 Å². The molecule has 0 fully saturated rings. The second kappa shape index (κ2) is 5.78. The van der Waals surface area contributed by atoms with Crippen LogP contribution in [-0.2, 0) is 6.42 Å². The summed E-state index contributed by atoms with van der Waals surface area (Å²) in [5, 5.41) is 5.93. The Bertz CT molecular complexity index is 470. The van der Waals surface area contributed by atoms with E-state index in [2.05, 4.69) is 41.5 Å². The molecule has 0 radical (unpaired) electrons. The summed E-state index contributed by atoms with van der Waals surface area (Å²) in [5.74, 6) is 0. The van der Waals surface area contributed by atoms with Crippen molar-refractivity contribution in [2.45, 2.75) is 32.2 Å². The van der Waals surface area contributed by atoms with Gasteiger partial charge in [0.2, 0.25) is 0 Å². The van der Waals surface area contributed by atoms with Crippen molar-refractivity contribution in [3.63, 3.8) is 0 Å². The van der Waals surface area contributed by atoms with Gasteiger partial charge >= 0.3 is 0 Å². The van der Waals surface area contributed by atoms with E-state index in [1.165, 1.54) is 29.2 Å². The number of pyridine rings is 1. The number of nitrogens with one attached hydrogen (secondary N) is 1. The van der Waals surface area contributed by atoms with E-state index < -0.39 is 0 Å². The average molecular weight is 228 g/mol. The smallest absolute Gasteiger partial charge is 0.0346 e. The first-order valence-electron chi connectivity index (χ1n) is 6.34. The van der Waals surface area contributed by atoms with Crippen LogP contribution < -0.4 is 5.32 Å². The Balaban J connectivity index is 2.18. The minimum atomic E-state index is 0.606. The highest BCUT2D eigenvalue weighted by atomic mass is 14.9. The maximum absolute atomic E-state index is 4.32. The molecule has 1 aromatic carbocycles. The van der Waals surface area contributed by atoms with Crippen LogP contribution in [0.2, 0.25) is 0 Å². The molecule has 1 atom stereocenters. The predicted octanol–water partition coefficient (Wildman–Crippen LogP) is 3.17. The maximum atomic E-state index is 4.32. The quantitative estimate of drug-likeness (QED) is 0.850. The van der Waals surface area contributed by atoms with E-state index in [0.717, 1.165) is 6.42 Å². The fourth-order valence-corrected chi connectivity index (χ4v) is 2.26. The summed E-state index contributed by atoms with van der Waals surface area (Å²) in [7, 11) is 2.04. The third-order valence-electron chi connectivity index (χ3n) is 3.41. The molecule has 1 heterocycles. The Labute approximate surface area is 103 Å². The zero-order valence-corrected chi connectivity index (χ0v) is 10.6. The highest BCUT2D eigenvalue weighted by Crippen LogP contribution is 2.19. The van der Waals surface area contributed by atoms with E-state index in [9.17, 15) is 0 Å². The molecule has 1 aromatic heterocycles. The zero-order valence-electron chi connectivity index (χ0n) is 10.6. The molecule has 1 N–H and O–H groups in total. The van der Waals surface area contributed by atoms with Gasteiger partial charge in [-0.2, -0.15) is 0 Å². The number of aryl methyl sites for hydroxylation is 1. The first-order chi connectivity index (χ1) is 8.35. The van der Waals surface area contributed by atoms with E-state index in [0.29, 0.717) is 6.04 Å². The highest BCUT2D eigenvalue weighted by Gasteiger charge is 2.05. The van der Waals surface area contributed by atoms with Crippen molar-refractivity contribution in [3.8, 4) is 0 Å². The number of hydrogen-bond acceptors (Lipinski definition) is 2. The summed E-state index contributed by atoms with van der Waals surface area (Å²) in [6.07, 6.45) is 7.38. The average Bonchev–Trinajstić information content (AvgIpc) is 2.40. The Hall–Kier alpha value is -1.41. The monoisotopic (exact) mass is 228 g/mol. The third kappa shape index (κ3) is 2.83. The van der Waals surface area contributed by atoms with Crippen molar-refractivity contribution in [2.75, 3.05) is 7.05 Å². The summed E-state index contributed by atoms with van der Waals surface area (Å²) in [5.41, 5.74) is 1.36. The van der Waals surface area contributed by atoms with Gasteiger partial charge in [-0.15, -0.1) is 0 Å². The molecule has 0 saturated heterocycles. The molecular weight excluding hydrogens is 208 g/mol. The minimum Gasteiger partial charge on any atom is -0.317 e. The van der Waals surface area contributed by atoms with Gasteiger partial charge in [-0.3, -0.25) is 4.98 Å². The Kier molecular flexibility index (Phi) is 4.10. The van der Waals surface area contributed by atoms with E-state index in [1.54, 1.807) is 0 Å². The lowest BCUT2D eigenvalue weighted by atomic mass is 10.0. The Morgan fingerprint density at radius 2 is 2.06 bits per heavy atom. The molecule has 2 heteroatoms. The molecule has 0 bridgehead atoms. The standard InChI is InChI=1S/C15H20N2/c1-3-14(16-2)9-8-13-11-17-10-12-6-4-5-7-15(12)13/h4-7,10-11,14,16H,3,8-9H2,1-2H3. The van der Waals surface area contributed by atoms with Gasteiger partial charge in [0.05, 0.1) is 0 Å². The first-order valence-corrected chi connectivity index (χ1v) is 6.34. The van der Waals surface area contributed by atoms with Crippen LogP contribution in [0.5, 0.6) is 0 Å². The van der Waals surface area contributed by atoms with Crippen LogP contribution in [0, 0.1) is 0 Å². The molecule has 0 saturated carbocycles. The van der Waals surface area contributed by atoms with Crippen LogP contribution in [0.25, 0.3) is 10.8 Å². The van der Waals surface area contributed by atoms with Crippen LogP contribution in [0.4, 0.5) is 0 Å². The predicted molar refractivity (Wildman–Crippen MR) is 73.2 cm³/mol. The van der Waals surface area contributed by atoms with Crippen LogP contribution in [-0.4, -0.2) is 18.1 Å². The van der Waals surface area contributed by atoms with E-state index >= 15 is 0 Å².